The van der Waals surface area contributed by atoms with E-state index < -0.39 is 11.9 Å². The molecule has 0 saturated carbocycles. The average molecular weight is 256 g/mol. The molecule has 0 aliphatic heterocycles. The minimum absolute atomic E-state index is 0.233. The van der Waals surface area contributed by atoms with E-state index in [0.29, 0.717) is 16.8 Å². The van der Waals surface area contributed by atoms with Crippen molar-refractivity contribution in [1.29, 1.82) is 0 Å². The molecule has 1 aromatic heterocycles. The highest BCUT2D eigenvalue weighted by molar-refractivity contribution is 5.64. The third kappa shape index (κ3) is 2.24. The molecule has 0 amide bonds. The summed E-state index contributed by atoms with van der Waals surface area (Å²) in [5.41, 5.74) is 0.499. The fraction of sp³-hybridized carbons (Fsp3) is 0.250. The molecule has 2 rings (SSSR count). The summed E-state index contributed by atoms with van der Waals surface area (Å²) >= 11 is 0. The van der Waals surface area contributed by atoms with Crippen LogP contribution in [0.5, 0.6) is 0 Å². The zero-order chi connectivity index (χ0) is 13.3. The lowest BCUT2D eigenvalue weighted by Gasteiger charge is -2.06. The Balaban J connectivity index is 2.55. The van der Waals surface area contributed by atoms with Gasteiger partial charge in [-0.05, 0) is 11.6 Å². The van der Waals surface area contributed by atoms with Crippen LogP contribution in [0.4, 0.5) is 13.2 Å². The molecule has 0 radical (unpaired) electrons. The molecular formula is C12H11F3N2O. The SMILES string of the molecule is Cn1nc(C(F)(F)F)cc1-c1ccccc1CO. The molecule has 0 saturated heterocycles. The fourth-order valence-electron chi connectivity index (χ4n) is 1.77. The van der Waals surface area contributed by atoms with Gasteiger partial charge in [0.15, 0.2) is 5.69 Å². The standard InChI is InChI=1S/C12H11F3N2O/c1-17-10(6-11(16-17)12(13,14)15)9-5-3-2-4-8(9)7-18/h2-6,18H,7H2,1H3. The lowest BCUT2D eigenvalue weighted by molar-refractivity contribution is -0.141. The van der Waals surface area contributed by atoms with E-state index in [-0.39, 0.29) is 6.61 Å². The van der Waals surface area contributed by atoms with Gasteiger partial charge in [-0.3, -0.25) is 4.68 Å². The van der Waals surface area contributed by atoms with Crippen molar-refractivity contribution < 1.29 is 18.3 Å². The molecule has 2 aromatic rings. The van der Waals surface area contributed by atoms with Gasteiger partial charge in [0.1, 0.15) is 0 Å². The molecule has 0 spiro atoms. The zero-order valence-electron chi connectivity index (χ0n) is 9.57. The third-order valence-corrected chi connectivity index (χ3v) is 2.63. The maximum absolute atomic E-state index is 12.6. The van der Waals surface area contributed by atoms with E-state index in [2.05, 4.69) is 5.10 Å². The predicted octanol–water partition coefficient (Wildman–Crippen LogP) is 2.60. The molecule has 1 aromatic carbocycles. The maximum Gasteiger partial charge on any atom is 0.435 e. The van der Waals surface area contributed by atoms with Crippen molar-refractivity contribution in [1.82, 2.24) is 9.78 Å². The molecule has 0 aliphatic rings. The highest BCUT2D eigenvalue weighted by atomic mass is 19.4. The van der Waals surface area contributed by atoms with Gasteiger partial charge in [-0.15, -0.1) is 0 Å². The topological polar surface area (TPSA) is 38.0 Å². The molecule has 96 valence electrons. The molecule has 0 unspecified atom stereocenters. The van der Waals surface area contributed by atoms with Crippen LogP contribution in [0, 0.1) is 0 Å². The second-order valence-electron chi connectivity index (χ2n) is 3.85. The normalized spacial score (nSPS) is 11.8. The number of aliphatic hydroxyl groups is 1. The van der Waals surface area contributed by atoms with E-state index >= 15 is 0 Å². The highest BCUT2D eigenvalue weighted by Crippen LogP contribution is 2.32. The third-order valence-electron chi connectivity index (χ3n) is 2.63. The Bertz CT molecular complexity index is 561. The number of nitrogens with zero attached hydrogens (tertiary/aromatic N) is 2. The number of hydrogen-bond donors (Lipinski definition) is 1. The van der Waals surface area contributed by atoms with Crippen molar-refractivity contribution in [2.24, 2.45) is 7.05 Å². The van der Waals surface area contributed by atoms with Gasteiger partial charge in [-0.1, -0.05) is 24.3 Å². The molecule has 1 N–H and O–H groups in total. The molecule has 6 heteroatoms. The number of halogens is 3. The van der Waals surface area contributed by atoms with Crippen LogP contribution in [-0.2, 0) is 19.8 Å². The van der Waals surface area contributed by atoms with E-state index in [9.17, 15) is 18.3 Å². The number of benzene rings is 1. The van der Waals surface area contributed by atoms with Crippen LogP contribution in [0.25, 0.3) is 11.3 Å². The zero-order valence-corrected chi connectivity index (χ0v) is 9.57. The maximum atomic E-state index is 12.6. The van der Waals surface area contributed by atoms with Crippen molar-refractivity contribution in [2.45, 2.75) is 12.8 Å². The first-order valence-corrected chi connectivity index (χ1v) is 5.24. The van der Waals surface area contributed by atoms with E-state index in [1.54, 1.807) is 24.3 Å². The largest absolute Gasteiger partial charge is 0.435 e. The number of rotatable bonds is 2. The van der Waals surface area contributed by atoms with Crippen molar-refractivity contribution in [2.75, 3.05) is 0 Å². The van der Waals surface area contributed by atoms with E-state index in [1.807, 2.05) is 0 Å². The van der Waals surface area contributed by atoms with E-state index in [4.69, 9.17) is 0 Å². The monoisotopic (exact) mass is 256 g/mol. The first-order chi connectivity index (χ1) is 8.43. The molecule has 1 heterocycles. The Morgan fingerprint density at radius 3 is 2.50 bits per heavy atom. The van der Waals surface area contributed by atoms with Gasteiger partial charge >= 0.3 is 6.18 Å². The summed E-state index contributed by atoms with van der Waals surface area (Å²) in [4.78, 5) is 0. The van der Waals surface area contributed by atoms with Crippen molar-refractivity contribution >= 4 is 0 Å². The Hall–Kier alpha value is -1.82. The molecule has 0 bridgehead atoms. The van der Waals surface area contributed by atoms with Crippen molar-refractivity contribution in [3.63, 3.8) is 0 Å². The van der Waals surface area contributed by atoms with E-state index in [0.717, 1.165) is 10.7 Å². The van der Waals surface area contributed by atoms with Crippen LogP contribution in [-0.4, -0.2) is 14.9 Å². The molecule has 0 fully saturated rings. The summed E-state index contributed by atoms with van der Waals surface area (Å²) in [5, 5.41) is 12.6. The van der Waals surface area contributed by atoms with Gasteiger partial charge < -0.3 is 5.11 Å². The van der Waals surface area contributed by atoms with Gasteiger partial charge in [-0.25, -0.2) is 0 Å². The smallest absolute Gasteiger partial charge is 0.392 e. The van der Waals surface area contributed by atoms with Gasteiger partial charge in [0, 0.05) is 12.6 Å². The molecular weight excluding hydrogens is 245 g/mol. The van der Waals surface area contributed by atoms with Gasteiger partial charge in [0.25, 0.3) is 0 Å². The number of aromatic nitrogens is 2. The molecule has 18 heavy (non-hydrogen) atoms. The summed E-state index contributed by atoms with van der Waals surface area (Å²) < 4.78 is 38.8. The van der Waals surface area contributed by atoms with Crippen molar-refractivity contribution in [3.05, 3.63) is 41.6 Å². The lowest BCUT2D eigenvalue weighted by atomic mass is 10.0. The first-order valence-electron chi connectivity index (χ1n) is 5.24. The van der Waals surface area contributed by atoms with Crippen LogP contribution < -0.4 is 0 Å². The van der Waals surface area contributed by atoms with Gasteiger partial charge in [0.2, 0.25) is 0 Å². The number of aryl methyl sites for hydroxylation is 1. The average Bonchev–Trinajstić information content (AvgIpc) is 2.71. The minimum Gasteiger partial charge on any atom is -0.392 e. The second-order valence-corrected chi connectivity index (χ2v) is 3.85. The summed E-state index contributed by atoms with van der Waals surface area (Å²) in [7, 11) is 1.44. The van der Waals surface area contributed by atoms with Gasteiger partial charge in [-0.2, -0.15) is 18.3 Å². The molecule has 3 nitrogen and oxygen atoms in total. The summed E-state index contributed by atoms with van der Waals surface area (Å²) in [6, 6.07) is 7.72. The van der Waals surface area contributed by atoms with Crippen LogP contribution in [0.2, 0.25) is 0 Å². The lowest BCUT2D eigenvalue weighted by Crippen LogP contribution is -2.06. The Morgan fingerprint density at radius 2 is 1.94 bits per heavy atom. The van der Waals surface area contributed by atoms with Crippen molar-refractivity contribution in [3.8, 4) is 11.3 Å². The number of aliphatic hydroxyl groups excluding tert-OH is 1. The second kappa shape index (κ2) is 4.45. The van der Waals surface area contributed by atoms with Crippen LogP contribution in [0.15, 0.2) is 30.3 Å². The van der Waals surface area contributed by atoms with Gasteiger partial charge in [0.05, 0.1) is 12.3 Å². The Labute approximate surface area is 101 Å². The fourth-order valence-corrected chi connectivity index (χ4v) is 1.77. The highest BCUT2D eigenvalue weighted by Gasteiger charge is 2.34. The van der Waals surface area contributed by atoms with E-state index in [1.165, 1.54) is 7.05 Å². The summed E-state index contributed by atoms with van der Waals surface area (Å²) in [6.45, 7) is -0.233. The van der Waals surface area contributed by atoms with Crippen LogP contribution in [0.1, 0.15) is 11.3 Å². The first kappa shape index (κ1) is 12.6. The van der Waals surface area contributed by atoms with Crippen LogP contribution in [0.3, 0.4) is 0 Å². The number of hydrogen-bond acceptors (Lipinski definition) is 2. The Morgan fingerprint density at radius 1 is 1.28 bits per heavy atom. The Kier molecular flexibility index (Phi) is 3.13. The summed E-state index contributed by atoms with van der Waals surface area (Å²) in [6.07, 6.45) is -4.47. The number of alkyl halides is 3. The predicted molar refractivity (Wildman–Crippen MR) is 59.6 cm³/mol. The summed E-state index contributed by atoms with van der Waals surface area (Å²) in [5.74, 6) is 0. The quantitative estimate of drug-likeness (QED) is 0.896. The van der Waals surface area contributed by atoms with Crippen LogP contribution >= 0.6 is 0 Å². The minimum atomic E-state index is -4.47. The molecule has 0 aliphatic carbocycles. The molecule has 0 atom stereocenters.